The Labute approximate surface area is 144 Å². The van der Waals surface area contributed by atoms with Crippen molar-refractivity contribution in [3.63, 3.8) is 0 Å². The third kappa shape index (κ3) is 4.29. The second kappa shape index (κ2) is 6.82. The van der Waals surface area contributed by atoms with E-state index in [1.54, 1.807) is 0 Å². The van der Waals surface area contributed by atoms with Crippen LogP contribution in [0.3, 0.4) is 0 Å². The Morgan fingerprint density at radius 1 is 0.542 bits per heavy atom. The van der Waals surface area contributed by atoms with Crippen LogP contribution in [0, 0.1) is 0 Å². The zero-order chi connectivity index (χ0) is 15.9. The van der Waals surface area contributed by atoms with Gasteiger partial charge in [0.1, 0.15) is 0 Å². The molecule has 6 atom stereocenters. The molecule has 1 saturated carbocycles. The standard InChI is InChI=1S/C18H30N2O4/c1-2-4-18(20(7-15-11-23-15)8-16-12-24-16)17(3-1)19(5-13-9-21-13)6-14-10-22-14/h13-18H,1-12H2. The summed E-state index contributed by atoms with van der Waals surface area (Å²) in [4.78, 5) is 5.38. The summed E-state index contributed by atoms with van der Waals surface area (Å²) < 4.78 is 22.2. The van der Waals surface area contributed by atoms with E-state index in [0.717, 1.165) is 52.6 Å². The highest BCUT2D eigenvalue weighted by Crippen LogP contribution is 2.32. The Morgan fingerprint density at radius 2 is 0.833 bits per heavy atom. The Bertz CT molecular complexity index is 367. The molecule has 0 aromatic rings. The van der Waals surface area contributed by atoms with E-state index in [2.05, 4.69) is 9.80 Å². The van der Waals surface area contributed by atoms with E-state index in [1.807, 2.05) is 0 Å². The van der Waals surface area contributed by atoms with E-state index in [-0.39, 0.29) is 0 Å². The van der Waals surface area contributed by atoms with Gasteiger partial charge in [-0.25, -0.2) is 0 Å². The first kappa shape index (κ1) is 16.0. The molecule has 6 unspecified atom stereocenters. The molecule has 136 valence electrons. The highest BCUT2D eigenvalue weighted by Gasteiger charge is 2.42. The minimum atomic E-state index is 0.457. The molecule has 0 bridgehead atoms. The Kier molecular flexibility index (Phi) is 4.54. The number of hydrogen-bond donors (Lipinski definition) is 0. The minimum Gasteiger partial charge on any atom is -0.372 e. The zero-order valence-electron chi connectivity index (χ0n) is 14.5. The molecule has 0 aromatic heterocycles. The van der Waals surface area contributed by atoms with Crippen LogP contribution < -0.4 is 0 Å². The Balaban J connectivity index is 1.29. The van der Waals surface area contributed by atoms with Crippen molar-refractivity contribution in [2.45, 2.75) is 62.2 Å². The van der Waals surface area contributed by atoms with Crippen molar-refractivity contribution in [2.24, 2.45) is 0 Å². The molecule has 0 radical (unpaired) electrons. The van der Waals surface area contributed by atoms with Gasteiger partial charge >= 0.3 is 0 Å². The highest BCUT2D eigenvalue weighted by atomic mass is 16.6. The summed E-state index contributed by atoms with van der Waals surface area (Å²) in [5, 5.41) is 0. The third-order valence-electron chi connectivity index (χ3n) is 5.99. The molecule has 5 fully saturated rings. The lowest BCUT2D eigenvalue weighted by molar-refractivity contribution is 0.0332. The van der Waals surface area contributed by atoms with Crippen LogP contribution in [0.1, 0.15) is 25.7 Å². The van der Waals surface area contributed by atoms with Gasteiger partial charge in [0.2, 0.25) is 0 Å². The largest absolute Gasteiger partial charge is 0.372 e. The maximum atomic E-state index is 5.54. The number of epoxide rings is 4. The highest BCUT2D eigenvalue weighted by molar-refractivity contribution is 4.96. The van der Waals surface area contributed by atoms with E-state index < -0.39 is 0 Å². The first-order valence-corrected chi connectivity index (χ1v) is 9.79. The molecule has 5 aliphatic rings. The summed E-state index contributed by atoms with van der Waals surface area (Å²) in [7, 11) is 0. The quantitative estimate of drug-likeness (QED) is 0.541. The SMILES string of the molecule is C1CCC(N(CC2CO2)CC2CO2)C(N(CC2CO2)CC2CO2)C1. The summed E-state index contributed by atoms with van der Waals surface area (Å²) in [5.74, 6) is 0. The number of hydrogen-bond acceptors (Lipinski definition) is 6. The minimum absolute atomic E-state index is 0.457. The summed E-state index contributed by atoms with van der Waals surface area (Å²) >= 11 is 0. The molecule has 6 heteroatoms. The van der Waals surface area contributed by atoms with Gasteiger partial charge in [-0.05, 0) is 12.8 Å². The van der Waals surface area contributed by atoms with Crippen LogP contribution in [-0.4, -0.2) is 98.9 Å². The van der Waals surface area contributed by atoms with Crippen molar-refractivity contribution in [1.82, 2.24) is 9.80 Å². The lowest BCUT2D eigenvalue weighted by Crippen LogP contribution is -2.56. The molecule has 0 N–H and O–H groups in total. The molecule has 0 aromatic carbocycles. The molecule has 0 amide bonds. The average molecular weight is 338 g/mol. The van der Waals surface area contributed by atoms with Gasteiger partial charge in [-0.1, -0.05) is 12.8 Å². The summed E-state index contributed by atoms with van der Waals surface area (Å²) in [6.07, 6.45) is 7.13. The van der Waals surface area contributed by atoms with Crippen molar-refractivity contribution in [3.8, 4) is 0 Å². The molecule has 1 aliphatic carbocycles. The molecule has 4 aliphatic heterocycles. The van der Waals surface area contributed by atoms with Crippen LogP contribution in [0.15, 0.2) is 0 Å². The van der Waals surface area contributed by atoms with Crippen LogP contribution in [0.25, 0.3) is 0 Å². The topological polar surface area (TPSA) is 56.6 Å². The fourth-order valence-corrected chi connectivity index (χ4v) is 4.37. The first-order chi connectivity index (χ1) is 11.8. The van der Waals surface area contributed by atoms with Crippen molar-refractivity contribution in [1.29, 1.82) is 0 Å². The van der Waals surface area contributed by atoms with Gasteiger partial charge in [-0.15, -0.1) is 0 Å². The van der Waals surface area contributed by atoms with Gasteiger partial charge in [0.05, 0.1) is 50.8 Å². The fraction of sp³-hybridized carbons (Fsp3) is 1.00. The summed E-state index contributed by atoms with van der Waals surface area (Å²) in [5.41, 5.74) is 0. The molecule has 24 heavy (non-hydrogen) atoms. The van der Waals surface area contributed by atoms with Crippen molar-refractivity contribution < 1.29 is 18.9 Å². The predicted octanol–water partition coefficient (Wildman–Crippen LogP) is 0.497. The summed E-state index contributed by atoms with van der Waals surface area (Å²) in [6, 6.07) is 1.26. The zero-order valence-corrected chi connectivity index (χ0v) is 14.5. The van der Waals surface area contributed by atoms with Gasteiger partial charge in [-0.2, -0.15) is 0 Å². The van der Waals surface area contributed by atoms with Crippen LogP contribution >= 0.6 is 0 Å². The molecular weight excluding hydrogens is 308 g/mol. The van der Waals surface area contributed by atoms with Gasteiger partial charge in [-0.3, -0.25) is 9.80 Å². The van der Waals surface area contributed by atoms with Crippen LogP contribution in [-0.2, 0) is 18.9 Å². The molecular formula is C18H30N2O4. The molecule has 6 nitrogen and oxygen atoms in total. The lowest BCUT2D eigenvalue weighted by atomic mass is 9.87. The fourth-order valence-electron chi connectivity index (χ4n) is 4.37. The van der Waals surface area contributed by atoms with Crippen molar-refractivity contribution in [2.75, 3.05) is 52.6 Å². The number of nitrogens with zero attached hydrogens (tertiary/aromatic N) is 2. The van der Waals surface area contributed by atoms with Gasteiger partial charge in [0.25, 0.3) is 0 Å². The molecule has 4 heterocycles. The molecule has 5 rings (SSSR count). The van der Waals surface area contributed by atoms with Crippen LogP contribution in [0.5, 0.6) is 0 Å². The third-order valence-corrected chi connectivity index (χ3v) is 5.99. The van der Waals surface area contributed by atoms with Gasteiger partial charge in [0, 0.05) is 38.3 Å². The number of ether oxygens (including phenoxy) is 4. The lowest BCUT2D eigenvalue weighted by Gasteiger charge is -2.45. The normalized spacial score (nSPS) is 43.2. The first-order valence-electron chi connectivity index (χ1n) is 9.79. The maximum Gasteiger partial charge on any atom is 0.0936 e. The van der Waals surface area contributed by atoms with E-state index in [9.17, 15) is 0 Å². The van der Waals surface area contributed by atoms with Gasteiger partial charge in [0.15, 0.2) is 0 Å². The van der Waals surface area contributed by atoms with Crippen LogP contribution in [0.2, 0.25) is 0 Å². The van der Waals surface area contributed by atoms with E-state index in [4.69, 9.17) is 18.9 Å². The smallest absolute Gasteiger partial charge is 0.0936 e. The molecule has 0 spiro atoms. The van der Waals surface area contributed by atoms with Crippen LogP contribution in [0.4, 0.5) is 0 Å². The predicted molar refractivity (Wildman–Crippen MR) is 88.2 cm³/mol. The van der Waals surface area contributed by atoms with E-state index in [1.165, 1.54) is 25.7 Å². The van der Waals surface area contributed by atoms with Gasteiger partial charge < -0.3 is 18.9 Å². The van der Waals surface area contributed by atoms with Crippen molar-refractivity contribution in [3.05, 3.63) is 0 Å². The monoisotopic (exact) mass is 338 g/mol. The maximum absolute atomic E-state index is 5.54. The van der Waals surface area contributed by atoms with E-state index >= 15 is 0 Å². The molecule has 4 saturated heterocycles. The second-order valence-electron chi connectivity index (χ2n) is 8.15. The number of rotatable bonds is 10. The summed E-state index contributed by atoms with van der Waals surface area (Å²) in [6.45, 7) is 8.07. The Hall–Kier alpha value is -0.240. The van der Waals surface area contributed by atoms with E-state index in [0.29, 0.717) is 36.5 Å². The second-order valence-corrected chi connectivity index (χ2v) is 8.15. The Morgan fingerprint density at radius 3 is 1.08 bits per heavy atom. The van der Waals surface area contributed by atoms with Crippen molar-refractivity contribution >= 4 is 0 Å². The average Bonchev–Trinajstić information content (AvgIpc) is 3.45.